The van der Waals surface area contributed by atoms with Crippen molar-refractivity contribution < 1.29 is 0 Å². The first-order valence-corrected chi connectivity index (χ1v) is 6.82. The summed E-state index contributed by atoms with van der Waals surface area (Å²) >= 11 is 4.04. The number of hydrogen-bond acceptors (Lipinski definition) is 2. The molecule has 0 aliphatic heterocycles. The van der Waals surface area contributed by atoms with E-state index >= 15 is 0 Å². The van der Waals surface area contributed by atoms with Crippen LogP contribution in [0.5, 0.6) is 0 Å². The zero-order valence-electron chi connectivity index (χ0n) is 7.93. The molecule has 0 aliphatic rings. The lowest BCUT2D eigenvalue weighted by Crippen LogP contribution is -1.90. The van der Waals surface area contributed by atoms with Gasteiger partial charge in [0.15, 0.2) is 0 Å². The highest BCUT2D eigenvalue weighted by Crippen LogP contribution is 2.12. The van der Waals surface area contributed by atoms with E-state index in [1.54, 1.807) is 0 Å². The maximum Gasteiger partial charge on any atom is -0.000968 e. The van der Waals surface area contributed by atoms with Crippen LogP contribution in [-0.4, -0.2) is 23.0 Å². The Kier molecular flexibility index (Phi) is 9.35. The molecule has 11 heavy (non-hydrogen) atoms. The van der Waals surface area contributed by atoms with Gasteiger partial charge in [0.25, 0.3) is 0 Å². The molecule has 0 nitrogen and oxygen atoms in total. The van der Waals surface area contributed by atoms with E-state index in [1.807, 2.05) is 11.8 Å². The lowest BCUT2D eigenvalue weighted by molar-refractivity contribution is 0.785. The molecule has 0 spiro atoms. The average Bonchev–Trinajstić information content (AvgIpc) is 1.96. The van der Waals surface area contributed by atoms with Crippen LogP contribution in [0.2, 0.25) is 0 Å². The summed E-state index contributed by atoms with van der Waals surface area (Å²) in [5, 5.41) is 0.815. The summed E-state index contributed by atoms with van der Waals surface area (Å²) < 4.78 is 0. The Bertz CT molecular complexity index is 72.0. The second-order valence-electron chi connectivity index (χ2n) is 2.97. The van der Waals surface area contributed by atoms with E-state index in [1.165, 1.54) is 30.8 Å². The van der Waals surface area contributed by atoms with Crippen LogP contribution in [0, 0.1) is 0 Å². The average molecular weight is 192 g/mol. The summed E-state index contributed by atoms with van der Waals surface area (Å²) in [7, 11) is 0. The molecule has 68 valence electrons. The summed E-state index contributed by atoms with van der Waals surface area (Å²) in [6.45, 7) is 4.54. The van der Waals surface area contributed by atoms with Crippen LogP contribution in [0.3, 0.4) is 0 Å². The first kappa shape index (κ1) is 11.7. The second-order valence-corrected chi connectivity index (χ2v) is 5.64. The molecule has 0 saturated carbocycles. The molecule has 0 heterocycles. The van der Waals surface area contributed by atoms with Gasteiger partial charge in [-0.3, -0.25) is 0 Å². The molecule has 0 fully saturated rings. The molecular formula is C9H20S2. The molecular weight excluding hydrogens is 172 g/mol. The van der Waals surface area contributed by atoms with Crippen LogP contribution in [0.4, 0.5) is 0 Å². The van der Waals surface area contributed by atoms with Crippen molar-refractivity contribution in [2.75, 3.05) is 17.8 Å². The first-order chi connectivity index (χ1) is 5.27. The molecule has 0 bridgehead atoms. The number of unbranched alkanes of at least 4 members (excludes halogenated alkanes) is 2. The highest BCUT2D eigenvalue weighted by Gasteiger charge is 1.93. The quantitative estimate of drug-likeness (QED) is 0.565. The van der Waals surface area contributed by atoms with Crippen LogP contribution in [0.25, 0.3) is 0 Å². The normalized spacial score (nSPS) is 10.9. The van der Waals surface area contributed by atoms with E-state index in [-0.39, 0.29) is 0 Å². The fraction of sp³-hybridized carbons (Fsp3) is 1.00. The largest absolute Gasteiger partial charge is 0.165 e. The van der Waals surface area contributed by atoms with Crippen molar-refractivity contribution in [3.05, 3.63) is 0 Å². The van der Waals surface area contributed by atoms with Crippen molar-refractivity contribution in [1.82, 2.24) is 0 Å². The summed E-state index contributed by atoms with van der Waals surface area (Å²) in [5.41, 5.74) is 0. The smallest absolute Gasteiger partial charge is 0.000968 e. The Labute approximate surface area is 79.9 Å². The van der Waals surface area contributed by atoms with Crippen molar-refractivity contribution in [2.24, 2.45) is 0 Å². The Morgan fingerprint density at radius 2 is 1.64 bits per heavy atom. The molecule has 0 aromatic heterocycles. The standard InChI is InChI=1S/C9H20S2/c1-9(2)11-8-6-4-5-7-10-3/h9H,4-8H2,1-3H3. The molecule has 0 unspecified atom stereocenters. The molecule has 0 amide bonds. The third-order valence-corrected chi connectivity index (χ3v) is 3.33. The van der Waals surface area contributed by atoms with Gasteiger partial charge in [0, 0.05) is 0 Å². The monoisotopic (exact) mass is 192 g/mol. The Morgan fingerprint density at radius 3 is 2.18 bits per heavy atom. The van der Waals surface area contributed by atoms with Crippen LogP contribution < -0.4 is 0 Å². The second kappa shape index (κ2) is 8.79. The van der Waals surface area contributed by atoms with Gasteiger partial charge in [0.05, 0.1) is 0 Å². The molecule has 0 aromatic carbocycles. The summed E-state index contributed by atoms with van der Waals surface area (Å²) in [5.74, 6) is 2.69. The fourth-order valence-electron chi connectivity index (χ4n) is 0.844. The van der Waals surface area contributed by atoms with E-state index in [4.69, 9.17) is 0 Å². The van der Waals surface area contributed by atoms with E-state index in [0.717, 1.165) is 5.25 Å². The minimum atomic E-state index is 0.815. The third kappa shape index (κ3) is 10.7. The van der Waals surface area contributed by atoms with Crippen molar-refractivity contribution >= 4 is 23.5 Å². The zero-order chi connectivity index (χ0) is 8.53. The predicted octanol–water partition coefficient (Wildman–Crippen LogP) is 3.66. The van der Waals surface area contributed by atoms with Crippen LogP contribution in [0.15, 0.2) is 0 Å². The Hall–Kier alpha value is 0.700. The highest BCUT2D eigenvalue weighted by atomic mass is 32.2. The maximum atomic E-state index is 2.27. The summed E-state index contributed by atoms with van der Waals surface area (Å²) in [4.78, 5) is 0. The zero-order valence-corrected chi connectivity index (χ0v) is 9.56. The van der Waals surface area contributed by atoms with E-state index in [0.29, 0.717) is 0 Å². The van der Waals surface area contributed by atoms with Gasteiger partial charge in [-0.25, -0.2) is 0 Å². The molecule has 0 aliphatic carbocycles. The Morgan fingerprint density at radius 1 is 1.00 bits per heavy atom. The Balaban J connectivity index is 2.80. The summed E-state index contributed by atoms with van der Waals surface area (Å²) in [6, 6.07) is 0. The van der Waals surface area contributed by atoms with Gasteiger partial charge in [0.2, 0.25) is 0 Å². The molecule has 0 saturated heterocycles. The van der Waals surface area contributed by atoms with Gasteiger partial charge in [-0.1, -0.05) is 20.3 Å². The van der Waals surface area contributed by atoms with E-state index in [9.17, 15) is 0 Å². The lowest BCUT2D eigenvalue weighted by Gasteiger charge is -2.03. The van der Waals surface area contributed by atoms with Crippen molar-refractivity contribution in [1.29, 1.82) is 0 Å². The van der Waals surface area contributed by atoms with Gasteiger partial charge in [-0.15, -0.1) is 0 Å². The molecule has 0 atom stereocenters. The van der Waals surface area contributed by atoms with Crippen LogP contribution in [-0.2, 0) is 0 Å². The van der Waals surface area contributed by atoms with E-state index < -0.39 is 0 Å². The first-order valence-electron chi connectivity index (χ1n) is 4.38. The van der Waals surface area contributed by atoms with Gasteiger partial charge in [0.1, 0.15) is 0 Å². The summed E-state index contributed by atoms with van der Waals surface area (Å²) in [6.07, 6.45) is 6.41. The van der Waals surface area contributed by atoms with E-state index in [2.05, 4.69) is 31.9 Å². The van der Waals surface area contributed by atoms with Gasteiger partial charge >= 0.3 is 0 Å². The van der Waals surface area contributed by atoms with Crippen LogP contribution in [0.1, 0.15) is 33.1 Å². The topological polar surface area (TPSA) is 0 Å². The maximum absolute atomic E-state index is 2.27. The predicted molar refractivity (Wildman–Crippen MR) is 59.8 cm³/mol. The molecule has 2 heteroatoms. The minimum absolute atomic E-state index is 0.815. The third-order valence-electron chi connectivity index (χ3n) is 1.44. The molecule has 0 radical (unpaired) electrons. The number of hydrogen-bond donors (Lipinski definition) is 0. The SMILES string of the molecule is CSCCCCCSC(C)C. The number of thioether (sulfide) groups is 2. The number of rotatable bonds is 7. The van der Waals surface area contributed by atoms with Gasteiger partial charge in [-0.2, -0.15) is 23.5 Å². The van der Waals surface area contributed by atoms with Crippen molar-refractivity contribution in [2.45, 2.75) is 38.4 Å². The molecule has 0 rings (SSSR count). The highest BCUT2D eigenvalue weighted by molar-refractivity contribution is 7.99. The molecule has 0 N–H and O–H groups in total. The molecule has 0 aromatic rings. The fourth-order valence-corrected chi connectivity index (χ4v) is 2.18. The lowest BCUT2D eigenvalue weighted by atomic mass is 10.3. The van der Waals surface area contributed by atoms with Crippen molar-refractivity contribution in [3.63, 3.8) is 0 Å². The van der Waals surface area contributed by atoms with Gasteiger partial charge in [-0.05, 0) is 35.9 Å². The van der Waals surface area contributed by atoms with Crippen molar-refractivity contribution in [3.8, 4) is 0 Å². The minimum Gasteiger partial charge on any atom is -0.165 e. The van der Waals surface area contributed by atoms with Crippen LogP contribution >= 0.6 is 23.5 Å². The van der Waals surface area contributed by atoms with Gasteiger partial charge < -0.3 is 0 Å².